The Hall–Kier alpha value is -2.64. The lowest BCUT2D eigenvalue weighted by Crippen LogP contribution is -2.26. The topological polar surface area (TPSA) is 66.5 Å². The van der Waals surface area contributed by atoms with Gasteiger partial charge in [-0.25, -0.2) is 8.42 Å². The second-order valence-electron chi connectivity index (χ2n) is 6.30. The summed E-state index contributed by atoms with van der Waals surface area (Å²) in [6.07, 6.45) is 0. The SMILES string of the molecule is Cc1cccc(NS(=O)(=O)c2cccc(C(=O)N(C)Cc3ccsc3)c2)c1. The number of anilines is 1. The third kappa shape index (κ3) is 4.75. The summed E-state index contributed by atoms with van der Waals surface area (Å²) in [6.45, 7) is 2.36. The summed E-state index contributed by atoms with van der Waals surface area (Å²) in [5.41, 5.74) is 2.82. The highest BCUT2D eigenvalue weighted by molar-refractivity contribution is 7.92. The van der Waals surface area contributed by atoms with Crippen LogP contribution in [0.4, 0.5) is 5.69 Å². The number of carbonyl (C=O) groups is 1. The first-order valence-electron chi connectivity index (χ1n) is 8.31. The van der Waals surface area contributed by atoms with Gasteiger partial charge in [-0.3, -0.25) is 9.52 Å². The molecule has 0 aliphatic rings. The normalized spacial score (nSPS) is 11.2. The molecule has 1 amide bonds. The van der Waals surface area contributed by atoms with Crippen LogP contribution in [0.3, 0.4) is 0 Å². The zero-order chi connectivity index (χ0) is 19.4. The van der Waals surface area contributed by atoms with E-state index in [4.69, 9.17) is 0 Å². The third-order valence-electron chi connectivity index (χ3n) is 4.01. The van der Waals surface area contributed by atoms with Gasteiger partial charge >= 0.3 is 0 Å². The standard InChI is InChI=1S/C20H20N2O3S2/c1-15-5-3-7-18(11-15)21-27(24,25)19-8-4-6-17(12-19)20(23)22(2)13-16-9-10-26-14-16/h3-12,14,21H,13H2,1-2H3. The van der Waals surface area contributed by atoms with E-state index >= 15 is 0 Å². The lowest BCUT2D eigenvalue weighted by atomic mass is 10.2. The first-order valence-corrected chi connectivity index (χ1v) is 10.7. The van der Waals surface area contributed by atoms with Gasteiger partial charge in [-0.1, -0.05) is 18.2 Å². The van der Waals surface area contributed by atoms with Gasteiger partial charge in [-0.15, -0.1) is 0 Å². The first-order chi connectivity index (χ1) is 12.8. The fourth-order valence-electron chi connectivity index (χ4n) is 2.67. The summed E-state index contributed by atoms with van der Waals surface area (Å²) < 4.78 is 27.9. The Kier molecular flexibility index (Phi) is 5.62. The molecule has 0 saturated heterocycles. The number of carbonyl (C=O) groups excluding carboxylic acids is 1. The average molecular weight is 401 g/mol. The van der Waals surface area contributed by atoms with Gasteiger partial charge in [0.2, 0.25) is 0 Å². The van der Waals surface area contributed by atoms with E-state index < -0.39 is 10.0 Å². The predicted molar refractivity (Wildman–Crippen MR) is 109 cm³/mol. The Morgan fingerprint density at radius 3 is 2.59 bits per heavy atom. The summed E-state index contributed by atoms with van der Waals surface area (Å²) >= 11 is 1.57. The zero-order valence-corrected chi connectivity index (χ0v) is 16.7. The third-order valence-corrected chi connectivity index (χ3v) is 6.12. The van der Waals surface area contributed by atoms with Crippen LogP contribution >= 0.6 is 11.3 Å². The molecule has 7 heteroatoms. The quantitative estimate of drug-likeness (QED) is 0.677. The average Bonchev–Trinajstić information content (AvgIpc) is 3.14. The first kappa shape index (κ1) is 19.1. The van der Waals surface area contributed by atoms with Crippen molar-refractivity contribution in [2.45, 2.75) is 18.4 Å². The number of sulfonamides is 1. The second-order valence-corrected chi connectivity index (χ2v) is 8.76. The molecule has 2 aromatic carbocycles. The summed E-state index contributed by atoms with van der Waals surface area (Å²) in [4.78, 5) is 14.3. The minimum Gasteiger partial charge on any atom is -0.337 e. The highest BCUT2D eigenvalue weighted by Gasteiger charge is 2.18. The molecule has 0 spiro atoms. The molecule has 0 saturated carbocycles. The van der Waals surface area contributed by atoms with E-state index in [0.717, 1.165) is 11.1 Å². The van der Waals surface area contributed by atoms with Gasteiger partial charge in [0.15, 0.2) is 0 Å². The van der Waals surface area contributed by atoms with Gasteiger partial charge in [0.25, 0.3) is 15.9 Å². The molecule has 0 atom stereocenters. The van der Waals surface area contributed by atoms with Crippen LogP contribution in [0.2, 0.25) is 0 Å². The van der Waals surface area contributed by atoms with Crippen LogP contribution in [-0.2, 0) is 16.6 Å². The summed E-state index contributed by atoms with van der Waals surface area (Å²) in [6, 6.07) is 15.2. The van der Waals surface area contributed by atoms with Crippen molar-refractivity contribution >= 4 is 33.0 Å². The molecule has 0 fully saturated rings. The fourth-order valence-corrected chi connectivity index (χ4v) is 4.42. The fraction of sp³-hybridized carbons (Fsp3) is 0.150. The molecule has 0 aliphatic carbocycles. The minimum absolute atomic E-state index is 0.0544. The van der Waals surface area contributed by atoms with Crippen molar-refractivity contribution in [3.63, 3.8) is 0 Å². The molecule has 0 unspecified atom stereocenters. The van der Waals surface area contributed by atoms with E-state index in [1.807, 2.05) is 29.8 Å². The van der Waals surface area contributed by atoms with Gasteiger partial charge in [0.1, 0.15) is 0 Å². The molecule has 27 heavy (non-hydrogen) atoms. The largest absolute Gasteiger partial charge is 0.337 e. The van der Waals surface area contributed by atoms with Crippen LogP contribution in [0.15, 0.2) is 70.3 Å². The number of aryl methyl sites for hydroxylation is 1. The van der Waals surface area contributed by atoms with E-state index in [0.29, 0.717) is 17.8 Å². The molecule has 0 radical (unpaired) electrons. The number of nitrogens with zero attached hydrogens (tertiary/aromatic N) is 1. The summed E-state index contributed by atoms with van der Waals surface area (Å²) in [5, 5.41) is 3.94. The Balaban J connectivity index is 1.80. The monoisotopic (exact) mass is 400 g/mol. The molecule has 3 aromatic rings. The molecule has 3 rings (SSSR count). The Morgan fingerprint density at radius 2 is 1.89 bits per heavy atom. The molecule has 0 aliphatic heterocycles. The molecule has 140 valence electrons. The number of hydrogen-bond donors (Lipinski definition) is 1. The van der Waals surface area contributed by atoms with Crippen LogP contribution in [-0.4, -0.2) is 26.3 Å². The van der Waals surface area contributed by atoms with Gasteiger partial charge < -0.3 is 4.90 Å². The van der Waals surface area contributed by atoms with Crippen molar-refractivity contribution in [1.82, 2.24) is 4.90 Å². The summed E-state index contributed by atoms with van der Waals surface area (Å²) in [5.74, 6) is -0.228. The molecular formula is C20H20N2O3S2. The number of thiophene rings is 1. The smallest absolute Gasteiger partial charge is 0.261 e. The molecule has 5 nitrogen and oxygen atoms in total. The van der Waals surface area contributed by atoms with Crippen molar-refractivity contribution in [2.24, 2.45) is 0 Å². The number of amides is 1. The number of benzene rings is 2. The maximum absolute atomic E-state index is 12.7. The molecule has 1 aromatic heterocycles. The predicted octanol–water partition coefficient (Wildman–Crippen LogP) is 4.13. The highest BCUT2D eigenvalue weighted by atomic mass is 32.2. The van der Waals surface area contributed by atoms with Crippen molar-refractivity contribution in [3.05, 3.63) is 82.0 Å². The maximum atomic E-state index is 12.7. The number of hydrogen-bond acceptors (Lipinski definition) is 4. The zero-order valence-electron chi connectivity index (χ0n) is 15.0. The second kappa shape index (κ2) is 7.94. The van der Waals surface area contributed by atoms with Crippen LogP contribution in [0.5, 0.6) is 0 Å². The van der Waals surface area contributed by atoms with Crippen molar-refractivity contribution in [2.75, 3.05) is 11.8 Å². The Morgan fingerprint density at radius 1 is 1.11 bits per heavy atom. The van der Waals surface area contributed by atoms with Crippen LogP contribution in [0, 0.1) is 6.92 Å². The highest BCUT2D eigenvalue weighted by Crippen LogP contribution is 2.19. The van der Waals surface area contributed by atoms with Crippen LogP contribution in [0.1, 0.15) is 21.5 Å². The molecule has 0 bridgehead atoms. The van der Waals surface area contributed by atoms with Crippen molar-refractivity contribution in [1.29, 1.82) is 0 Å². The number of rotatable bonds is 6. The van der Waals surface area contributed by atoms with E-state index in [1.54, 1.807) is 53.6 Å². The Labute approximate surface area is 163 Å². The van der Waals surface area contributed by atoms with Gasteiger partial charge in [0.05, 0.1) is 4.90 Å². The van der Waals surface area contributed by atoms with Crippen LogP contribution in [0.25, 0.3) is 0 Å². The lowest BCUT2D eigenvalue weighted by Gasteiger charge is -2.17. The Bertz CT molecular complexity index is 1040. The van der Waals surface area contributed by atoms with E-state index in [2.05, 4.69) is 4.72 Å². The van der Waals surface area contributed by atoms with E-state index in [9.17, 15) is 13.2 Å². The minimum atomic E-state index is -3.78. The van der Waals surface area contributed by atoms with Crippen molar-refractivity contribution < 1.29 is 13.2 Å². The van der Waals surface area contributed by atoms with E-state index in [-0.39, 0.29) is 10.8 Å². The number of nitrogens with one attached hydrogen (secondary N) is 1. The van der Waals surface area contributed by atoms with E-state index in [1.165, 1.54) is 12.1 Å². The van der Waals surface area contributed by atoms with Gasteiger partial charge in [-0.2, -0.15) is 11.3 Å². The van der Waals surface area contributed by atoms with Crippen molar-refractivity contribution in [3.8, 4) is 0 Å². The molecular weight excluding hydrogens is 380 g/mol. The van der Waals surface area contributed by atoms with Gasteiger partial charge in [0, 0.05) is 24.8 Å². The summed E-state index contributed by atoms with van der Waals surface area (Å²) in [7, 11) is -2.08. The molecule has 1 heterocycles. The van der Waals surface area contributed by atoms with Gasteiger partial charge in [-0.05, 0) is 65.2 Å². The molecule has 1 N–H and O–H groups in total. The maximum Gasteiger partial charge on any atom is 0.261 e. The van der Waals surface area contributed by atoms with Crippen LogP contribution < -0.4 is 4.72 Å². The lowest BCUT2D eigenvalue weighted by molar-refractivity contribution is 0.0785.